The zero-order valence-electron chi connectivity index (χ0n) is 11.7. The number of aliphatic hydroxyl groups is 1. The second-order valence-corrected chi connectivity index (χ2v) is 4.44. The Morgan fingerprint density at radius 1 is 1.58 bits per heavy atom. The second kappa shape index (κ2) is 7.07. The summed E-state index contributed by atoms with van der Waals surface area (Å²) in [6, 6.07) is 5.58. The molecule has 0 heterocycles. The second-order valence-electron chi connectivity index (χ2n) is 4.44. The van der Waals surface area contributed by atoms with Crippen LogP contribution < -0.4 is 4.90 Å². The predicted octanol–water partition coefficient (Wildman–Crippen LogP) is 2.00. The Kier molecular flexibility index (Phi) is 5.73. The molecule has 1 unspecified atom stereocenters. The van der Waals surface area contributed by atoms with Crippen LogP contribution in [0.15, 0.2) is 24.8 Å². The van der Waals surface area contributed by atoms with Gasteiger partial charge >= 0.3 is 0 Å². The predicted molar refractivity (Wildman–Crippen MR) is 77.2 cm³/mol. The maximum Gasteiger partial charge on any atom is 0.253 e. The quantitative estimate of drug-likeness (QED) is 0.854. The topological polar surface area (TPSA) is 49.8 Å². The first-order valence-electron chi connectivity index (χ1n) is 6.20. The van der Waals surface area contributed by atoms with E-state index >= 15 is 0 Å². The summed E-state index contributed by atoms with van der Waals surface area (Å²) in [4.78, 5) is 13.6. The van der Waals surface area contributed by atoms with Crippen molar-refractivity contribution in [1.82, 2.24) is 0 Å². The molecule has 1 aromatic carbocycles. The molecule has 1 atom stereocenters. The van der Waals surface area contributed by atoms with Crippen LogP contribution in [-0.2, 0) is 9.53 Å². The number of nitrogens with zero attached hydrogens (tertiary/aromatic N) is 1. The van der Waals surface area contributed by atoms with Crippen LogP contribution in [0.3, 0.4) is 0 Å². The Balaban J connectivity index is 3.32. The highest BCUT2D eigenvalue weighted by Gasteiger charge is 2.24. The van der Waals surface area contributed by atoms with Crippen LogP contribution in [0.2, 0.25) is 0 Å². The third kappa shape index (κ3) is 3.43. The number of hydrogen-bond acceptors (Lipinski definition) is 3. The molecule has 0 saturated heterocycles. The van der Waals surface area contributed by atoms with E-state index in [1.54, 1.807) is 18.1 Å². The van der Waals surface area contributed by atoms with Gasteiger partial charge in [-0.2, -0.15) is 0 Å². The minimum Gasteiger partial charge on any atom is -0.387 e. The fraction of sp³-hybridized carbons (Fsp3) is 0.400. The van der Waals surface area contributed by atoms with Gasteiger partial charge in [0, 0.05) is 7.11 Å². The molecule has 0 aliphatic carbocycles. The number of anilines is 1. The highest BCUT2D eigenvalue weighted by molar-refractivity contribution is 5.97. The van der Waals surface area contributed by atoms with Gasteiger partial charge in [0.25, 0.3) is 5.91 Å². The molecule has 19 heavy (non-hydrogen) atoms. The van der Waals surface area contributed by atoms with E-state index in [2.05, 4.69) is 6.58 Å². The van der Waals surface area contributed by atoms with Gasteiger partial charge in [-0.05, 0) is 25.0 Å². The van der Waals surface area contributed by atoms with Gasteiger partial charge in [-0.3, -0.25) is 4.79 Å². The summed E-state index contributed by atoms with van der Waals surface area (Å²) in [5.41, 5.74) is 2.60. The van der Waals surface area contributed by atoms with E-state index in [1.807, 2.05) is 32.0 Å². The van der Waals surface area contributed by atoms with Crippen LogP contribution in [0.25, 0.3) is 6.08 Å². The highest BCUT2D eigenvalue weighted by Crippen LogP contribution is 2.28. The molecule has 0 aliphatic rings. The number of amides is 1. The van der Waals surface area contributed by atoms with Crippen molar-refractivity contribution in [3.05, 3.63) is 35.9 Å². The van der Waals surface area contributed by atoms with Gasteiger partial charge in [-0.15, -0.1) is 0 Å². The molecule has 1 N–H and O–H groups in total. The smallest absolute Gasteiger partial charge is 0.253 e. The van der Waals surface area contributed by atoms with Crippen LogP contribution in [0.4, 0.5) is 5.69 Å². The van der Waals surface area contributed by atoms with Crippen LogP contribution in [0, 0.1) is 6.92 Å². The van der Waals surface area contributed by atoms with Gasteiger partial charge in [-0.25, -0.2) is 0 Å². The number of benzene rings is 1. The maximum absolute atomic E-state index is 12.0. The Morgan fingerprint density at radius 3 is 2.79 bits per heavy atom. The summed E-state index contributed by atoms with van der Waals surface area (Å²) in [5.74, 6) is -0.345. The Morgan fingerprint density at radius 2 is 2.26 bits per heavy atom. The van der Waals surface area contributed by atoms with Crippen molar-refractivity contribution in [1.29, 1.82) is 0 Å². The molecule has 0 spiro atoms. The monoisotopic (exact) mass is 263 g/mol. The zero-order chi connectivity index (χ0) is 14.4. The summed E-state index contributed by atoms with van der Waals surface area (Å²) in [5, 5.41) is 9.18. The number of carbonyl (C=O) groups is 1. The molecule has 4 heteroatoms. The van der Waals surface area contributed by atoms with Crippen molar-refractivity contribution >= 4 is 17.7 Å². The Bertz CT molecular complexity index is 457. The molecular formula is C15H21NO3. The van der Waals surface area contributed by atoms with Crippen molar-refractivity contribution in [3.8, 4) is 0 Å². The SMILES string of the molecule is C=Cc1cccc(C)c1N(C(=O)CO)C(C)COC. The van der Waals surface area contributed by atoms with E-state index in [4.69, 9.17) is 4.74 Å². The number of methoxy groups -OCH3 is 1. The average Bonchev–Trinajstić information content (AvgIpc) is 2.40. The van der Waals surface area contributed by atoms with Gasteiger partial charge in [0.2, 0.25) is 0 Å². The molecule has 0 fully saturated rings. The summed E-state index contributed by atoms with van der Waals surface area (Å²) in [6.45, 7) is 7.46. The number of hydrogen-bond donors (Lipinski definition) is 1. The van der Waals surface area contributed by atoms with Gasteiger partial charge in [0.05, 0.1) is 18.3 Å². The van der Waals surface area contributed by atoms with E-state index in [1.165, 1.54) is 0 Å². The Hall–Kier alpha value is -1.65. The molecule has 0 aliphatic heterocycles. The standard InChI is InChI=1S/C15H21NO3/c1-5-13-8-6-7-11(2)15(13)16(14(18)9-17)12(3)10-19-4/h5-8,12,17H,1,9-10H2,2-4H3. The third-order valence-electron chi connectivity index (χ3n) is 2.98. The lowest BCUT2D eigenvalue weighted by molar-refractivity contribution is -0.121. The minimum absolute atomic E-state index is 0.163. The molecule has 1 rings (SSSR count). The lowest BCUT2D eigenvalue weighted by Crippen LogP contribution is -2.43. The molecule has 104 valence electrons. The zero-order valence-corrected chi connectivity index (χ0v) is 11.7. The molecule has 0 aromatic heterocycles. The fourth-order valence-electron chi connectivity index (χ4n) is 2.16. The van der Waals surface area contributed by atoms with Crippen molar-refractivity contribution in [2.24, 2.45) is 0 Å². The normalized spacial score (nSPS) is 12.0. The van der Waals surface area contributed by atoms with E-state index in [0.29, 0.717) is 6.61 Å². The average molecular weight is 263 g/mol. The van der Waals surface area contributed by atoms with Gasteiger partial charge < -0.3 is 14.7 Å². The number of aryl methyl sites for hydroxylation is 1. The summed E-state index contributed by atoms with van der Waals surface area (Å²) < 4.78 is 5.11. The van der Waals surface area contributed by atoms with Crippen LogP contribution in [0.5, 0.6) is 0 Å². The summed E-state index contributed by atoms with van der Waals surface area (Å²) in [6.07, 6.45) is 1.71. The van der Waals surface area contributed by atoms with Crippen LogP contribution >= 0.6 is 0 Å². The molecule has 1 aromatic rings. The number of carbonyl (C=O) groups excluding carboxylic acids is 1. The van der Waals surface area contributed by atoms with Crippen molar-refractivity contribution in [2.75, 3.05) is 25.2 Å². The van der Waals surface area contributed by atoms with E-state index < -0.39 is 6.61 Å². The van der Waals surface area contributed by atoms with Crippen LogP contribution in [-0.4, -0.2) is 37.4 Å². The number of ether oxygens (including phenoxy) is 1. The molecular weight excluding hydrogens is 242 g/mol. The van der Waals surface area contributed by atoms with Gasteiger partial charge in [-0.1, -0.05) is 30.9 Å². The molecule has 4 nitrogen and oxygen atoms in total. The van der Waals surface area contributed by atoms with E-state index in [0.717, 1.165) is 16.8 Å². The first-order chi connectivity index (χ1) is 9.06. The molecule has 0 radical (unpaired) electrons. The third-order valence-corrected chi connectivity index (χ3v) is 2.98. The fourth-order valence-corrected chi connectivity index (χ4v) is 2.16. The van der Waals surface area contributed by atoms with E-state index in [9.17, 15) is 9.90 Å². The summed E-state index contributed by atoms with van der Waals surface area (Å²) in [7, 11) is 1.59. The highest BCUT2D eigenvalue weighted by atomic mass is 16.5. The Labute approximate surface area is 114 Å². The van der Waals surface area contributed by atoms with Gasteiger partial charge in [0.1, 0.15) is 6.61 Å². The number of rotatable bonds is 6. The van der Waals surface area contributed by atoms with E-state index in [-0.39, 0.29) is 11.9 Å². The molecule has 1 amide bonds. The van der Waals surface area contributed by atoms with Crippen molar-refractivity contribution < 1.29 is 14.6 Å². The van der Waals surface area contributed by atoms with Gasteiger partial charge in [0.15, 0.2) is 0 Å². The number of para-hydroxylation sites is 1. The largest absolute Gasteiger partial charge is 0.387 e. The van der Waals surface area contributed by atoms with Crippen LogP contribution in [0.1, 0.15) is 18.1 Å². The lowest BCUT2D eigenvalue weighted by Gasteiger charge is -2.31. The maximum atomic E-state index is 12.0. The molecule has 0 saturated carbocycles. The van der Waals surface area contributed by atoms with Crippen molar-refractivity contribution in [2.45, 2.75) is 19.9 Å². The minimum atomic E-state index is -0.529. The first-order valence-corrected chi connectivity index (χ1v) is 6.20. The number of aliphatic hydroxyl groups excluding tert-OH is 1. The first kappa shape index (κ1) is 15.4. The summed E-state index contributed by atoms with van der Waals surface area (Å²) >= 11 is 0. The lowest BCUT2D eigenvalue weighted by atomic mass is 10.0. The molecule has 0 bridgehead atoms. The van der Waals surface area contributed by atoms with Crippen molar-refractivity contribution in [3.63, 3.8) is 0 Å².